The van der Waals surface area contributed by atoms with Crippen LogP contribution in [0.1, 0.15) is 22.6 Å². The van der Waals surface area contributed by atoms with Crippen LogP contribution < -0.4 is 14.2 Å². The molecule has 1 aliphatic rings. The molecule has 1 atom stereocenters. The van der Waals surface area contributed by atoms with Crippen LogP contribution in [0.15, 0.2) is 101 Å². The van der Waals surface area contributed by atoms with Crippen LogP contribution in [0, 0.1) is 11.3 Å². The number of hydrogen-bond acceptors (Lipinski definition) is 5. The molecule has 4 aromatic rings. The fourth-order valence-electron chi connectivity index (χ4n) is 4.21. The number of hydrogen-bond donors (Lipinski definition) is 0. The van der Waals surface area contributed by atoms with E-state index in [0.29, 0.717) is 11.5 Å². The van der Waals surface area contributed by atoms with Gasteiger partial charge in [-0.3, -0.25) is 0 Å². The summed E-state index contributed by atoms with van der Waals surface area (Å²) in [4.78, 5) is 4.62. The molecule has 0 radical (unpaired) electrons. The summed E-state index contributed by atoms with van der Waals surface area (Å²) >= 11 is 0. The first-order valence-electron chi connectivity index (χ1n) is 10.9. The van der Waals surface area contributed by atoms with Gasteiger partial charge in [0.15, 0.2) is 0 Å². The van der Waals surface area contributed by atoms with Crippen LogP contribution in [0.3, 0.4) is 0 Å². The van der Waals surface area contributed by atoms with Gasteiger partial charge in [0.25, 0.3) is 0 Å². The largest absolute Gasteiger partial charge is 0.497 e. The lowest BCUT2D eigenvalue weighted by Gasteiger charge is -2.27. The zero-order valence-electron chi connectivity index (χ0n) is 18.9. The zero-order valence-corrected chi connectivity index (χ0v) is 18.9. The van der Waals surface area contributed by atoms with E-state index in [9.17, 15) is 5.26 Å². The SMILES string of the molecule is COc1ccc(/C=N/C2=C(C#N)C(c3ccc(OC)cc3)c3ccc4ccccc4c3O2)cc1. The van der Waals surface area contributed by atoms with Crippen molar-refractivity contribution in [3.05, 3.63) is 113 Å². The molecule has 0 aromatic heterocycles. The highest BCUT2D eigenvalue weighted by molar-refractivity contribution is 5.91. The summed E-state index contributed by atoms with van der Waals surface area (Å²) in [7, 11) is 3.27. The Bertz CT molecular complexity index is 1450. The molecule has 34 heavy (non-hydrogen) atoms. The Hall–Kier alpha value is -4.56. The third-order valence-corrected chi connectivity index (χ3v) is 5.96. The third kappa shape index (κ3) is 3.87. The molecule has 0 aliphatic carbocycles. The second-order valence-corrected chi connectivity index (χ2v) is 7.88. The summed E-state index contributed by atoms with van der Waals surface area (Å²) in [5.74, 6) is 2.23. The molecule has 0 N–H and O–H groups in total. The van der Waals surface area contributed by atoms with Crippen molar-refractivity contribution in [3.63, 3.8) is 0 Å². The average Bonchev–Trinajstić information content (AvgIpc) is 2.91. The molecule has 1 heterocycles. The lowest BCUT2D eigenvalue weighted by Crippen LogP contribution is -2.16. The number of nitriles is 1. The second kappa shape index (κ2) is 9.13. The molecule has 5 nitrogen and oxygen atoms in total. The molecular formula is C29H22N2O3. The van der Waals surface area contributed by atoms with Crippen LogP contribution in [0.5, 0.6) is 17.2 Å². The molecule has 166 valence electrons. The van der Waals surface area contributed by atoms with Crippen LogP contribution in [0.25, 0.3) is 10.8 Å². The Morgan fingerprint density at radius 2 is 1.53 bits per heavy atom. The van der Waals surface area contributed by atoms with Gasteiger partial charge in [-0.2, -0.15) is 5.26 Å². The van der Waals surface area contributed by atoms with Gasteiger partial charge in [-0.15, -0.1) is 0 Å². The molecule has 0 spiro atoms. The molecule has 0 amide bonds. The van der Waals surface area contributed by atoms with Crippen molar-refractivity contribution in [2.24, 2.45) is 4.99 Å². The van der Waals surface area contributed by atoms with Crippen molar-refractivity contribution in [1.82, 2.24) is 0 Å². The van der Waals surface area contributed by atoms with Crippen LogP contribution in [0.2, 0.25) is 0 Å². The molecule has 1 unspecified atom stereocenters. The maximum atomic E-state index is 10.2. The van der Waals surface area contributed by atoms with E-state index in [1.165, 1.54) is 0 Å². The van der Waals surface area contributed by atoms with Crippen LogP contribution in [0.4, 0.5) is 0 Å². The van der Waals surface area contributed by atoms with Gasteiger partial charge in [0.1, 0.15) is 28.9 Å². The number of methoxy groups -OCH3 is 2. The van der Waals surface area contributed by atoms with E-state index in [1.807, 2.05) is 78.9 Å². The minimum atomic E-state index is -0.313. The number of rotatable bonds is 5. The summed E-state index contributed by atoms with van der Waals surface area (Å²) < 4.78 is 16.9. The molecule has 0 fully saturated rings. The van der Waals surface area contributed by atoms with Crippen molar-refractivity contribution in [2.75, 3.05) is 14.2 Å². The Morgan fingerprint density at radius 3 is 2.21 bits per heavy atom. The van der Waals surface area contributed by atoms with Gasteiger partial charge in [-0.05, 0) is 52.9 Å². The van der Waals surface area contributed by atoms with Gasteiger partial charge in [0.2, 0.25) is 5.88 Å². The number of benzene rings is 4. The summed E-state index contributed by atoms with van der Waals surface area (Å²) in [5, 5.41) is 12.2. The summed E-state index contributed by atoms with van der Waals surface area (Å²) in [6.07, 6.45) is 1.70. The lowest BCUT2D eigenvalue weighted by molar-refractivity contribution is 0.400. The van der Waals surface area contributed by atoms with Crippen LogP contribution in [-0.4, -0.2) is 20.4 Å². The van der Waals surface area contributed by atoms with Crippen LogP contribution >= 0.6 is 0 Å². The Labute approximate surface area is 198 Å². The molecular weight excluding hydrogens is 424 g/mol. The van der Waals surface area contributed by atoms with E-state index in [-0.39, 0.29) is 5.92 Å². The van der Waals surface area contributed by atoms with Crippen molar-refractivity contribution in [2.45, 2.75) is 5.92 Å². The minimum Gasteiger partial charge on any atom is -0.497 e. The predicted molar refractivity (Wildman–Crippen MR) is 133 cm³/mol. The van der Waals surface area contributed by atoms with Gasteiger partial charge in [-0.1, -0.05) is 48.5 Å². The van der Waals surface area contributed by atoms with Crippen molar-refractivity contribution >= 4 is 17.0 Å². The number of fused-ring (bicyclic) bond motifs is 3. The maximum Gasteiger partial charge on any atom is 0.234 e. The maximum absolute atomic E-state index is 10.2. The molecule has 0 bridgehead atoms. The normalized spacial score (nSPS) is 15.0. The highest BCUT2D eigenvalue weighted by Crippen LogP contribution is 2.46. The smallest absolute Gasteiger partial charge is 0.234 e. The first-order chi connectivity index (χ1) is 16.7. The zero-order chi connectivity index (χ0) is 23.5. The molecule has 5 rings (SSSR count). The molecule has 4 aromatic carbocycles. The summed E-state index contributed by atoms with van der Waals surface area (Å²) in [6, 6.07) is 29.8. The van der Waals surface area contributed by atoms with Crippen molar-refractivity contribution in [1.29, 1.82) is 5.26 Å². The highest BCUT2D eigenvalue weighted by atomic mass is 16.5. The quantitative estimate of drug-likeness (QED) is 0.341. The van der Waals surface area contributed by atoms with Gasteiger partial charge in [0, 0.05) is 17.2 Å². The number of ether oxygens (including phenoxy) is 3. The van der Waals surface area contributed by atoms with E-state index in [0.717, 1.165) is 44.7 Å². The Balaban J connectivity index is 1.66. The third-order valence-electron chi connectivity index (χ3n) is 5.96. The summed E-state index contributed by atoms with van der Waals surface area (Å²) in [5.41, 5.74) is 3.23. The second-order valence-electron chi connectivity index (χ2n) is 7.88. The first-order valence-corrected chi connectivity index (χ1v) is 10.9. The molecule has 0 saturated heterocycles. The van der Waals surface area contributed by atoms with Gasteiger partial charge in [-0.25, -0.2) is 4.99 Å². The monoisotopic (exact) mass is 446 g/mol. The molecule has 1 aliphatic heterocycles. The Kier molecular flexibility index (Phi) is 5.72. The van der Waals surface area contributed by atoms with E-state index in [2.05, 4.69) is 17.1 Å². The fraction of sp³-hybridized carbons (Fsp3) is 0.103. The van der Waals surface area contributed by atoms with E-state index >= 15 is 0 Å². The minimum absolute atomic E-state index is 0.294. The molecule has 5 heteroatoms. The van der Waals surface area contributed by atoms with Gasteiger partial charge >= 0.3 is 0 Å². The van der Waals surface area contributed by atoms with E-state index in [1.54, 1.807) is 20.4 Å². The average molecular weight is 447 g/mol. The standard InChI is InChI=1S/C29H22N2O3/c1-32-22-12-7-19(8-13-22)18-31-29-26(17-30)27(21-9-14-23(33-2)15-10-21)25-16-11-20-5-3-4-6-24(20)28(25)34-29/h3-16,18,27H,1-2H3/b31-18+. The number of allylic oxidation sites excluding steroid dienone is 1. The van der Waals surface area contributed by atoms with Crippen LogP contribution in [-0.2, 0) is 0 Å². The summed E-state index contributed by atoms with van der Waals surface area (Å²) in [6.45, 7) is 0. The van der Waals surface area contributed by atoms with Crippen molar-refractivity contribution in [3.8, 4) is 23.3 Å². The number of aliphatic imine (C=N–C) groups is 1. The van der Waals surface area contributed by atoms with Gasteiger partial charge < -0.3 is 14.2 Å². The number of nitrogens with zero attached hydrogens (tertiary/aromatic N) is 2. The first kappa shape index (κ1) is 21.3. The van der Waals surface area contributed by atoms with E-state index in [4.69, 9.17) is 14.2 Å². The van der Waals surface area contributed by atoms with E-state index < -0.39 is 0 Å². The topological polar surface area (TPSA) is 63.8 Å². The Morgan fingerprint density at radius 1 is 0.853 bits per heavy atom. The van der Waals surface area contributed by atoms with Gasteiger partial charge in [0.05, 0.1) is 20.1 Å². The fourth-order valence-corrected chi connectivity index (χ4v) is 4.21. The highest BCUT2D eigenvalue weighted by Gasteiger charge is 2.32. The predicted octanol–water partition coefficient (Wildman–Crippen LogP) is 6.24. The molecule has 0 saturated carbocycles. The van der Waals surface area contributed by atoms with Crippen molar-refractivity contribution < 1.29 is 14.2 Å². The lowest BCUT2D eigenvalue weighted by atomic mass is 9.82.